The molecule has 19 heavy (non-hydrogen) atoms. The molecular formula is C15H30IN3. The zero-order valence-corrected chi connectivity index (χ0v) is 15.1. The van der Waals surface area contributed by atoms with Crippen LogP contribution in [0.25, 0.3) is 0 Å². The van der Waals surface area contributed by atoms with E-state index in [1.54, 1.807) is 0 Å². The van der Waals surface area contributed by atoms with Crippen LogP contribution in [0.5, 0.6) is 0 Å². The summed E-state index contributed by atoms with van der Waals surface area (Å²) in [5, 5.41) is 3.62. The van der Waals surface area contributed by atoms with Crippen molar-refractivity contribution in [2.75, 3.05) is 26.7 Å². The Balaban J connectivity index is 0.00000180. The Morgan fingerprint density at radius 2 is 2.00 bits per heavy atom. The first-order valence-electron chi connectivity index (χ1n) is 7.58. The van der Waals surface area contributed by atoms with E-state index in [-0.39, 0.29) is 24.0 Å². The van der Waals surface area contributed by atoms with Crippen LogP contribution in [0.3, 0.4) is 0 Å². The largest absolute Gasteiger partial charge is 0.356 e. The summed E-state index contributed by atoms with van der Waals surface area (Å²) >= 11 is 0. The molecule has 2 fully saturated rings. The summed E-state index contributed by atoms with van der Waals surface area (Å²) in [5.41, 5.74) is 0.497. The molecule has 3 nitrogen and oxygen atoms in total. The minimum absolute atomic E-state index is 0. The van der Waals surface area contributed by atoms with Crippen LogP contribution in [-0.2, 0) is 0 Å². The molecule has 1 aliphatic heterocycles. The third-order valence-electron chi connectivity index (χ3n) is 4.65. The van der Waals surface area contributed by atoms with Crippen molar-refractivity contribution in [1.82, 2.24) is 10.2 Å². The Morgan fingerprint density at radius 3 is 2.58 bits per heavy atom. The van der Waals surface area contributed by atoms with Gasteiger partial charge in [0.25, 0.3) is 0 Å². The predicted molar refractivity (Wildman–Crippen MR) is 93.3 cm³/mol. The second-order valence-corrected chi connectivity index (χ2v) is 6.61. The highest BCUT2D eigenvalue weighted by molar-refractivity contribution is 14.0. The molecule has 1 saturated carbocycles. The van der Waals surface area contributed by atoms with Gasteiger partial charge < -0.3 is 10.2 Å². The molecule has 2 aliphatic rings. The molecule has 0 amide bonds. The molecule has 0 radical (unpaired) electrons. The topological polar surface area (TPSA) is 27.6 Å². The molecule has 112 valence electrons. The molecular weight excluding hydrogens is 349 g/mol. The van der Waals surface area contributed by atoms with E-state index >= 15 is 0 Å². The van der Waals surface area contributed by atoms with Gasteiger partial charge in [-0.3, -0.25) is 4.99 Å². The Bertz CT molecular complexity index is 298. The fraction of sp³-hybridized carbons (Fsp3) is 0.933. The number of likely N-dealkylation sites (tertiary alicyclic amines) is 1. The first kappa shape index (κ1) is 17.1. The molecule has 0 spiro atoms. The van der Waals surface area contributed by atoms with Gasteiger partial charge in [0.1, 0.15) is 0 Å². The summed E-state index contributed by atoms with van der Waals surface area (Å²) in [6, 6.07) is 0. The number of hydrogen-bond donors (Lipinski definition) is 1. The second kappa shape index (κ2) is 7.70. The summed E-state index contributed by atoms with van der Waals surface area (Å²) in [4.78, 5) is 6.91. The third-order valence-corrected chi connectivity index (χ3v) is 4.65. The smallest absolute Gasteiger partial charge is 0.193 e. The van der Waals surface area contributed by atoms with Gasteiger partial charge in [0.2, 0.25) is 0 Å². The van der Waals surface area contributed by atoms with Gasteiger partial charge in [0.05, 0.1) is 0 Å². The minimum Gasteiger partial charge on any atom is -0.356 e. The minimum atomic E-state index is 0. The highest BCUT2D eigenvalue weighted by atomic mass is 127. The molecule has 0 aromatic carbocycles. The SMILES string of the molecule is CN=C(NCC1(C)CCCC1)N1CCCC(C)C1.I. The van der Waals surface area contributed by atoms with Gasteiger partial charge in [0, 0.05) is 26.7 Å². The highest BCUT2D eigenvalue weighted by Crippen LogP contribution is 2.36. The van der Waals surface area contributed by atoms with Crippen LogP contribution >= 0.6 is 24.0 Å². The van der Waals surface area contributed by atoms with Gasteiger partial charge >= 0.3 is 0 Å². The normalized spacial score (nSPS) is 27.0. The van der Waals surface area contributed by atoms with Crippen molar-refractivity contribution in [3.63, 3.8) is 0 Å². The van der Waals surface area contributed by atoms with Crippen LogP contribution < -0.4 is 5.32 Å². The van der Waals surface area contributed by atoms with E-state index in [0.717, 1.165) is 25.0 Å². The quantitative estimate of drug-likeness (QED) is 0.452. The molecule has 2 rings (SSSR count). The number of hydrogen-bond acceptors (Lipinski definition) is 1. The Hall–Kier alpha value is 0. The summed E-state index contributed by atoms with van der Waals surface area (Å²) in [6.07, 6.45) is 8.21. The van der Waals surface area contributed by atoms with Gasteiger partial charge in [-0.2, -0.15) is 0 Å². The van der Waals surface area contributed by atoms with E-state index in [9.17, 15) is 0 Å². The Morgan fingerprint density at radius 1 is 1.32 bits per heavy atom. The standard InChI is InChI=1S/C15H29N3.HI/c1-13-7-6-10-18(11-13)14(16-3)17-12-15(2)8-4-5-9-15;/h13H,4-12H2,1-3H3,(H,16,17);1H. The number of piperidine rings is 1. The highest BCUT2D eigenvalue weighted by Gasteiger charge is 2.29. The molecule has 0 aromatic rings. The number of halogens is 1. The lowest BCUT2D eigenvalue weighted by molar-refractivity contribution is 0.258. The summed E-state index contributed by atoms with van der Waals surface area (Å²) in [7, 11) is 1.92. The molecule has 1 N–H and O–H groups in total. The van der Waals surface area contributed by atoms with Crippen molar-refractivity contribution in [3.05, 3.63) is 0 Å². The molecule has 1 heterocycles. The average Bonchev–Trinajstić information content (AvgIpc) is 2.77. The van der Waals surface area contributed by atoms with Crippen LogP contribution in [-0.4, -0.2) is 37.5 Å². The van der Waals surface area contributed by atoms with E-state index in [0.29, 0.717) is 5.41 Å². The van der Waals surface area contributed by atoms with Crippen LogP contribution in [0.1, 0.15) is 52.4 Å². The summed E-state index contributed by atoms with van der Waals surface area (Å²) in [6.45, 7) is 8.18. The fourth-order valence-electron chi connectivity index (χ4n) is 3.41. The van der Waals surface area contributed by atoms with Crippen molar-refractivity contribution in [2.45, 2.75) is 52.4 Å². The maximum absolute atomic E-state index is 4.47. The molecule has 1 aliphatic carbocycles. The number of aliphatic imine (C=N–C) groups is 1. The number of nitrogens with one attached hydrogen (secondary N) is 1. The van der Waals surface area contributed by atoms with Crippen LogP contribution in [0.4, 0.5) is 0 Å². The summed E-state index contributed by atoms with van der Waals surface area (Å²) < 4.78 is 0. The zero-order valence-electron chi connectivity index (χ0n) is 12.7. The molecule has 4 heteroatoms. The maximum atomic E-state index is 4.47. The van der Waals surface area contributed by atoms with Gasteiger partial charge in [-0.05, 0) is 37.0 Å². The van der Waals surface area contributed by atoms with Gasteiger partial charge in [0.15, 0.2) is 5.96 Å². The molecule has 1 saturated heterocycles. The van der Waals surface area contributed by atoms with E-state index in [2.05, 4.69) is 29.1 Å². The Labute approximate surface area is 135 Å². The van der Waals surface area contributed by atoms with E-state index < -0.39 is 0 Å². The van der Waals surface area contributed by atoms with Crippen molar-refractivity contribution in [1.29, 1.82) is 0 Å². The van der Waals surface area contributed by atoms with Crippen molar-refractivity contribution in [2.24, 2.45) is 16.3 Å². The van der Waals surface area contributed by atoms with Crippen LogP contribution in [0.2, 0.25) is 0 Å². The fourth-order valence-corrected chi connectivity index (χ4v) is 3.41. The molecule has 0 aromatic heterocycles. The number of rotatable bonds is 2. The van der Waals surface area contributed by atoms with E-state index in [1.165, 1.54) is 45.1 Å². The first-order chi connectivity index (χ1) is 8.63. The lowest BCUT2D eigenvalue weighted by atomic mass is 9.89. The Kier molecular flexibility index (Phi) is 6.91. The first-order valence-corrected chi connectivity index (χ1v) is 7.58. The van der Waals surface area contributed by atoms with Crippen molar-refractivity contribution < 1.29 is 0 Å². The number of guanidine groups is 1. The van der Waals surface area contributed by atoms with Crippen LogP contribution in [0, 0.1) is 11.3 Å². The predicted octanol–water partition coefficient (Wildman–Crippen LogP) is 3.49. The van der Waals surface area contributed by atoms with Gasteiger partial charge in [-0.1, -0.05) is 26.7 Å². The summed E-state index contributed by atoms with van der Waals surface area (Å²) in [5.74, 6) is 1.93. The van der Waals surface area contributed by atoms with E-state index in [1.807, 2.05) is 7.05 Å². The molecule has 1 unspecified atom stereocenters. The molecule has 1 atom stereocenters. The zero-order chi connectivity index (χ0) is 13.0. The average molecular weight is 379 g/mol. The van der Waals surface area contributed by atoms with Gasteiger partial charge in [-0.25, -0.2) is 0 Å². The van der Waals surface area contributed by atoms with Gasteiger partial charge in [-0.15, -0.1) is 24.0 Å². The van der Waals surface area contributed by atoms with E-state index in [4.69, 9.17) is 0 Å². The third kappa shape index (κ3) is 4.80. The second-order valence-electron chi connectivity index (χ2n) is 6.61. The van der Waals surface area contributed by atoms with Crippen molar-refractivity contribution in [3.8, 4) is 0 Å². The monoisotopic (exact) mass is 379 g/mol. The van der Waals surface area contributed by atoms with Crippen LogP contribution in [0.15, 0.2) is 4.99 Å². The van der Waals surface area contributed by atoms with Crippen molar-refractivity contribution >= 4 is 29.9 Å². The maximum Gasteiger partial charge on any atom is 0.193 e. The lowest BCUT2D eigenvalue weighted by Crippen LogP contribution is -2.48. The number of nitrogens with zero attached hydrogens (tertiary/aromatic N) is 2. The lowest BCUT2D eigenvalue weighted by Gasteiger charge is -2.35. The molecule has 0 bridgehead atoms.